The van der Waals surface area contributed by atoms with Gasteiger partial charge in [0.15, 0.2) is 5.82 Å². The average Bonchev–Trinajstić information content (AvgIpc) is 2.81. The van der Waals surface area contributed by atoms with Crippen molar-refractivity contribution >= 4 is 11.3 Å². The van der Waals surface area contributed by atoms with Crippen LogP contribution < -0.4 is 5.32 Å². The minimum atomic E-state index is -0.227. The predicted molar refractivity (Wildman–Crippen MR) is 78.8 cm³/mol. The molecule has 1 aliphatic carbocycles. The Morgan fingerprint density at radius 1 is 1.50 bits per heavy atom. The molecule has 0 bridgehead atoms. The Morgan fingerprint density at radius 3 is 3.15 bits per heavy atom. The highest BCUT2D eigenvalue weighted by Crippen LogP contribution is 2.36. The Labute approximate surface area is 119 Å². The summed E-state index contributed by atoms with van der Waals surface area (Å²) in [5.74, 6) is 0.840. The van der Waals surface area contributed by atoms with Gasteiger partial charge >= 0.3 is 0 Å². The lowest BCUT2D eigenvalue weighted by atomic mass is 9.73. The summed E-state index contributed by atoms with van der Waals surface area (Å²) >= 11 is 0. The Kier molecular flexibility index (Phi) is 3.38. The Balaban J connectivity index is 1.79. The van der Waals surface area contributed by atoms with Crippen molar-refractivity contribution < 1.29 is 5.11 Å². The lowest BCUT2D eigenvalue weighted by Gasteiger charge is -2.38. The van der Waals surface area contributed by atoms with Crippen LogP contribution in [0, 0.1) is 12.3 Å². The second-order valence-electron chi connectivity index (χ2n) is 6.16. The molecule has 2 aromatic rings. The first-order valence-corrected chi connectivity index (χ1v) is 7.31. The number of rotatable bonds is 3. The fourth-order valence-electron chi connectivity index (χ4n) is 3.05. The van der Waals surface area contributed by atoms with Crippen molar-refractivity contribution in [3.05, 3.63) is 24.2 Å². The summed E-state index contributed by atoms with van der Waals surface area (Å²) in [6, 6.07) is 2.02. The summed E-state index contributed by atoms with van der Waals surface area (Å²) in [6.45, 7) is 4.87. The number of hydrogen-bond acceptors (Lipinski definition) is 4. The van der Waals surface area contributed by atoms with E-state index in [4.69, 9.17) is 0 Å². The van der Waals surface area contributed by atoms with Gasteiger partial charge in [-0.1, -0.05) is 19.8 Å². The number of hydrogen-bond donors (Lipinski definition) is 2. The van der Waals surface area contributed by atoms with Crippen molar-refractivity contribution in [3.63, 3.8) is 0 Å². The highest BCUT2D eigenvalue weighted by Gasteiger charge is 2.35. The third kappa shape index (κ3) is 2.38. The smallest absolute Gasteiger partial charge is 0.152 e. The molecule has 2 aromatic heterocycles. The summed E-state index contributed by atoms with van der Waals surface area (Å²) < 4.78 is 1.84. The molecule has 0 saturated heterocycles. The Morgan fingerprint density at radius 2 is 2.35 bits per heavy atom. The molecule has 0 amide bonds. The molecular weight excluding hydrogens is 252 g/mol. The fraction of sp³-hybridized carbons (Fsp3) is 0.600. The minimum Gasteiger partial charge on any atom is -0.392 e. The van der Waals surface area contributed by atoms with Gasteiger partial charge in [-0.25, -0.2) is 9.50 Å². The zero-order chi connectivity index (χ0) is 14.2. The molecule has 2 heterocycles. The molecule has 1 fully saturated rings. The van der Waals surface area contributed by atoms with Gasteiger partial charge in [-0.15, -0.1) is 0 Å². The SMILES string of the molecule is Cc1cc2c(NCC3(C)CCCCC3O)nccn2n1. The molecule has 0 aliphatic heterocycles. The van der Waals surface area contributed by atoms with Gasteiger partial charge in [0.05, 0.1) is 11.8 Å². The van der Waals surface area contributed by atoms with E-state index in [9.17, 15) is 5.11 Å². The number of aromatic nitrogens is 3. The molecule has 2 atom stereocenters. The third-order valence-corrected chi connectivity index (χ3v) is 4.45. The molecule has 20 heavy (non-hydrogen) atoms. The fourth-order valence-corrected chi connectivity index (χ4v) is 3.05. The topological polar surface area (TPSA) is 62.5 Å². The maximum absolute atomic E-state index is 10.2. The van der Waals surface area contributed by atoms with E-state index in [2.05, 4.69) is 22.3 Å². The van der Waals surface area contributed by atoms with E-state index in [0.29, 0.717) is 0 Å². The largest absolute Gasteiger partial charge is 0.392 e. The summed E-state index contributed by atoms with van der Waals surface area (Å²) in [5.41, 5.74) is 1.89. The maximum atomic E-state index is 10.2. The summed E-state index contributed by atoms with van der Waals surface area (Å²) in [7, 11) is 0. The van der Waals surface area contributed by atoms with E-state index in [1.54, 1.807) is 6.20 Å². The van der Waals surface area contributed by atoms with Crippen molar-refractivity contribution in [3.8, 4) is 0 Å². The average molecular weight is 274 g/mol. The van der Waals surface area contributed by atoms with Gasteiger partial charge in [0.25, 0.3) is 0 Å². The molecule has 5 heteroatoms. The van der Waals surface area contributed by atoms with Crippen LogP contribution in [-0.2, 0) is 0 Å². The number of aryl methyl sites for hydroxylation is 1. The quantitative estimate of drug-likeness (QED) is 0.902. The van der Waals surface area contributed by atoms with Gasteiger partial charge in [0.1, 0.15) is 5.52 Å². The van der Waals surface area contributed by atoms with Crippen molar-refractivity contribution in [1.82, 2.24) is 14.6 Å². The predicted octanol–water partition coefficient (Wildman–Crippen LogP) is 2.39. The van der Waals surface area contributed by atoms with Gasteiger partial charge in [-0.05, 0) is 25.8 Å². The zero-order valence-electron chi connectivity index (χ0n) is 12.1. The molecular formula is C15H22N4O. The summed E-state index contributed by atoms with van der Waals surface area (Å²) in [6.07, 6.45) is 7.66. The Bertz CT molecular complexity index is 609. The number of anilines is 1. The van der Waals surface area contributed by atoms with Gasteiger partial charge in [0.2, 0.25) is 0 Å². The molecule has 0 aromatic carbocycles. The number of aliphatic hydroxyl groups is 1. The highest BCUT2D eigenvalue weighted by molar-refractivity contribution is 5.67. The van der Waals surface area contributed by atoms with Crippen LogP contribution in [0.1, 0.15) is 38.3 Å². The van der Waals surface area contributed by atoms with Gasteiger partial charge < -0.3 is 10.4 Å². The van der Waals surface area contributed by atoms with Crippen LogP contribution >= 0.6 is 0 Å². The third-order valence-electron chi connectivity index (χ3n) is 4.45. The molecule has 0 spiro atoms. The lowest BCUT2D eigenvalue weighted by molar-refractivity contribution is 0.00959. The second kappa shape index (κ2) is 5.05. The van der Waals surface area contributed by atoms with Crippen molar-refractivity contribution in [2.75, 3.05) is 11.9 Å². The molecule has 2 N–H and O–H groups in total. The summed E-state index contributed by atoms with van der Waals surface area (Å²) in [5, 5.41) is 18.0. The van der Waals surface area contributed by atoms with Crippen molar-refractivity contribution in [2.24, 2.45) is 5.41 Å². The molecule has 1 saturated carbocycles. The molecule has 108 valence electrons. The van der Waals surface area contributed by atoms with E-state index in [0.717, 1.165) is 42.8 Å². The normalized spacial score (nSPS) is 26.9. The van der Waals surface area contributed by atoms with Crippen LogP contribution in [0.3, 0.4) is 0 Å². The molecule has 5 nitrogen and oxygen atoms in total. The minimum absolute atomic E-state index is 0.0676. The molecule has 2 unspecified atom stereocenters. The summed E-state index contributed by atoms with van der Waals surface area (Å²) in [4.78, 5) is 4.41. The van der Waals surface area contributed by atoms with E-state index < -0.39 is 0 Å². The van der Waals surface area contributed by atoms with E-state index in [1.807, 2.05) is 23.7 Å². The van der Waals surface area contributed by atoms with Crippen LogP contribution in [0.25, 0.3) is 5.52 Å². The van der Waals surface area contributed by atoms with E-state index >= 15 is 0 Å². The number of aliphatic hydroxyl groups excluding tert-OH is 1. The number of fused-ring (bicyclic) bond motifs is 1. The highest BCUT2D eigenvalue weighted by atomic mass is 16.3. The second-order valence-corrected chi connectivity index (χ2v) is 6.16. The van der Waals surface area contributed by atoms with Crippen molar-refractivity contribution in [2.45, 2.75) is 45.6 Å². The first kappa shape index (κ1) is 13.4. The first-order chi connectivity index (χ1) is 9.58. The van der Waals surface area contributed by atoms with Gasteiger partial charge in [0, 0.05) is 24.4 Å². The first-order valence-electron chi connectivity index (χ1n) is 7.31. The zero-order valence-corrected chi connectivity index (χ0v) is 12.1. The van der Waals surface area contributed by atoms with Gasteiger partial charge in [-0.3, -0.25) is 0 Å². The van der Waals surface area contributed by atoms with Crippen LogP contribution in [0.15, 0.2) is 18.5 Å². The van der Waals surface area contributed by atoms with Crippen LogP contribution in [-0.4, -0.2) is 32.4 Å². The molecule has 0 radical (unpaired) electrons. The monoisotopic (exact) mass is 274 g/mol. The molecule has 3 rings (SSSR count). The van der Waals surface area contributed by atoms with E-state index in [-0.39, 0.29) is 11.5 Å². The standard InChI is InChI=1S/C15H22N4O/c1-11-9-12-14(16-7-8-19(12)18-11)17-10-15(2)6-4-3-5-13(15)20/h7-9,13,20H,3-6,10H2,1-2H3,(H,16,17). The van der Waals surface area contributed by atoms with Crippen LogP contribution in [0.5, 0.6) is 0 Å². The lowest BCUT2D eigenvalue weighted by Crippen LogP contribution is -2.41. The molecule has 1 aliphatic rings. The Hall–Kier alpha value is -1.62. The number of nitrogens with zero attached hydrogens (tertiary/aromatic N) is 3. The van der Waals surface area contributed by atoms with Gasteiger partial charge in [-0.2, -0.15) is 5.10 Å². The maximum Gasteiger partial charge on any atom is 0.152 e. The van der Waals surface area contributed by atoms with Crippen LogP contribution in [0.2, 0.25) is 0 Å². The van der Waals surface area contributed by atoms with E-state index in [1.165, 1.54) is 6.42 Å². The van der Waals surface area contributed by atoms with Crippen LogP contribution in [0.4, 0.5) is 5.82 Å². The number of nitrogens with one attached hydrogen (secondary N) is 1. The van der Waals surface area contributed by atoms with Crippen molar-refractivity contribution in [1.29, 1.82) is 0 Å².